The van der Waals surface area contributed by atoms with Gasteiger partial charge in [0.25, 0.3) is 0 Å². The number of nitrogens with zero attached hydrogens (tertiary/aromatic N) is 2. The number of amides is 2. The molecule has 2 amide bonds. The Morgan fingerprint density at radius 1 is 1.31 bits per heavy atom. The van der Waals surface area contributed by atoms with Crippen LogP contribution in [0.1, 0.15) is 33.0 Å². The monoisotopic (exact) mass is 420 g/mol. The van der Waals surface area contributed by atoms with Crippen molar-refractivity contribution < 1.29 is 18.7 Å². The van der Waals surface area contributed by atoms with Crippen LogP contribution in [0.3, 0.4) is 0 Å². The van der Waals surface area contributed by atoms with Gasteiger partial charge in [-0.3, -0.25) is 10.1 Å². The molecule has 0 aliphatic heterocycles. The third kappa shape index (κ3) is 7.69. The Bertz CT molecular complexity index is 902. The van der Waals surface area contributed by atoms with Crippen molar-refractivity contribution in [2.24, 2.45) is 10.7 Å². The lowest BCUT2D eigenvalue weighted by molar-refractivity contribution is -0.119. The van der Waals surface area contributed by atoms with E-state index in [9.17, 15) is 9.59 Å². The number of rotatable bonds is 6. The highest BCUT2D eigenvalue weighted by Gasteiger charge is 2.19. The van der Waals surface area contributed by atoms with Crippen LogP contribution in [0.25, 0.3) is 11.0 Å². The summed E-state index contributed by atoms with van der Waals surface area (Å²) in [7, 11) is 1.66. The highest BCUT2D eigenvalue weighted by atomic mass is 32.2. The minimum absolute atomic E-state index is 0.0328. The van der Waals surface area contributed by atoms with Crippen LogP contribution in [0, 0.1) is 6.92 Å². The number of ether oxygens (including phenoxy) is 1. The normalized spacial score (nSPS) is 12.1. The number of benzene rings is 1. The Labute approximate surface area is 174 Å². The van der Waals surface area contributed by atoms with Gasteiger partial charge in [0, 0.05) is 24.6 Å². The number of carbonyl (C=O) groups excluding carboxylic acids is 2. The van der Waals surface area contributed by atoms with Gasteiger partial charge in [0.2, 0.25) is 11.9 Å². The van der Waals surface area contributed by atoms with Crippen molar-refractivity contribution in [3.05, 3.63) is 30.0 Å². The molecule has 8 nitrogen and oxygen atoms in total. The number of aryl methyl sites for hydroxylation is 1. The lowest BCUT2D eigenvalue weighted by Crippen LogP contribution is -2.37. The summed E-state index contributed by atoms with van der Waals surface area (Å²) in [5, 5.41) is 3.49. The van der Waals surface area contributed by atoms with Gasteiger partial charge in [-0.25, -0.2) is 9.79 Å². The van der Waals surface area contributed by atoms with E-state index in [0.717, 1.165) is 16.7 Å². The summed E-state index contributed by atoms with van der Waals surface area (Å²) in [6.07, 6.45) is -0.140. The number of thioether (sulfide) groups is 1. The van der Waals surface area contributed by atoms with Crippen molar-refractivity contribution in [1.29, 1.82) is 0 Å². The summed E-state index contributed by atoms with van der Waals surface area (Å²) in [6, 6.07) is 7.34. The first kappa shape index (κ1) is 22.6. The molecule has 1 aromatic heterocycles. The number of hydrogen-bond acceptors (Lipinski definition) is 6. The first-order valence-electron chi connectivity index (χ1n) is 9.19. The third-order valence-electron chi connectivity index (χ3n) is 3.60. The van der Waals surface area contributed by atoms with E-state index in [1.54, 1.807) is 13.1 Å². The molecule has 0 atom stereocenters. The van der Waals surface area contributed by atoms with Gasteiger partial charge in [0.05, 0.1) is 11.6 Å². The molecule has 0 saturated heterocycles. The number of fused-ring (bicyclic) bond motifs is 1. The van der Waals surface area contributed by atoms with Gasteiger partial charge >= 0.3 is 6.09 Å². The lowest BCUT2D eigenvalue weighted by Gasteiger charge is -2.24. The van der Waals surface area contributed by atoms with E-state index < -0.39 is 11.7 Å². The minimum atomic E-state index is -0.534. The fourth-order valence-corrected chi connectivity index (χ4v) is 3.20. The molecule has 0 bridgehead atoms. The van der Waals surface area contributed by atoms with Crippen LogP contribution in [-0.4, -0.2) is 47.1 Å². The van der Waals surface area contributed by atoms with Crippen molar-refractivity contribution in [3.63, 3.8) is 0 Å². The van der Waals surface area contributed by atoms with Crippen LogP contribution in [0.5, 0.6) is 0 Å². The smallest absolute Gasteiger partial charge is 0.410 e. The zero-order chi connectivity index (χ0) is 21.6. The van der Waals surface area contributed by atoms with Crippen LogP contribution >= 0.6 is 11.8 Å². The van der Waals surface area contributed by atoms with E-state index in [2.05, 4.69) is 10.3 Å². The molecule has 0 saturated carbocycles. The quantitative estimate of drug-likeness (QED) is 0.319. The molecular weight excluding hydrogens is 392 g/mol. The predicted octanol–water partition coefficient (Wildman–Crippen LogP) is 3.75. The molecule has 1 heterocycles. The average Bonchev–Trinajstić information content (AvgIpc) is 2.96. The van der Waals surface area contributed by atoms with Crippen LogP contribution in [-0.2, 0) is 9.53 Å². The molecule has 2 rings (SSSR count). The summed E-state index contributed by atoms with van der Waals surface area (Å²) in [5.74, 6) is 1.57. The third-order valence-corrected chi connectivity index (χ3v) is 4.67. The number of hydrogen-bond donors (Lipinski definition) is 2. The van der Waals surface area contributed by atoms with Crippen LogP contribution in [0.2, 0.25) is 0 Å². The van der Waals surface area contributed by atoms with Gasteiger partial charge in [-0.05, 0) is 52.0 Å². The molecule has 0 aliphatic rings. The van der Waals surface area contributed by atoms with Gasteiger partial charge < -0.3 is 19.8 Å². The molecule has 0 spiro atoms. The van der Waals surface area contributed by atoms with E-state index in [1.165, 1.54) is 16.7 Å². The molecule has 9 heteroatoms. The summed E-state index contributed by atoms with van der Waals surface area (Å²) in [6.45, 7) is 7.32. The van der Waals surface area contributed by atoms with E-state index in [4.69, 9.17) is 14.9 Å². The zero-order valence-electron chi connectivity index (χ0n) is 17.4. The number of nitrogens with two attached hydrogens (primary N) is 1. The highest BCUT2D eigenvalue weighted by molar-refractivity contribution is 7.99. The van der Waals surface area contributed by atoms with Gasteiger partial charge in [0.15, 0.2) is 0 Å². The van der Waals surface area contributed by atoms with Gasteiger partial charge in [-0.15, -0.1) is 11.8 Å². The first-order valence-corrected chi connectivity index (χ1v) is 10.3. The zero-order valence-corrected chi connectivity index (χ0v) is 18.3. The predicted molar refractivity (Wildman–Crippen MR) is 116 cm³/mol. The molecule has 158 valence electrons. The molecule has 1 aromatic carbocycles. The first-order chi connectivity index (χ1) is 13.5. The van der Waals surface area contributed by atoms with Crippen molar-refractivity contribution in [2.75, 3.05) is 18.7 Å². The molecular formula is C20H28N4O4S. The standard InChI is InChI=1S/C20H28N4O4S/c1-13-10-14-11-15(6-7-16(14)27-13)22-18(21)23-17(25)8-9-29-12-24(5)19(26)28-20(2,3)4/h6-7,10-11H,8-9,12H2,1-5H3,(H3,21,22,23,25). The Hall–Kier alpha value is -2.68. The second-order valence-electron chi connectivity index (χ2n) is 7.59. The number of nitrogens with one attached hydrogen (secondary N) is 1. The van der Waals surface area contributed by atoms with Gasteiger partial charge in [0.1, 0.15) is 16.9 Å². The maximum absolute atomic E-state index is 12.0. The molecule has 29 heavy (non-hydrogen) atoms. The molecule has 3 N–H and O–H groups in total. The van der Waals surface area contributed by atoms with E-state index in [0.29, 0.717) is 17.3 Å². The fourth-order valence-electron chi connectivity index (χ4n) is 2.36. The largest absolute Gasteiger partial charge is 0.461 e. The molecule has 0 fully saturated rings. The Kier molecular flexibility index (Phi) is 7.55. The van der Waals surface area contributed by atoms with Crippen LogP contribution < -0.4 is 11.1 Å². The van der Waals surface area contributed by atoms with Gasteiger partial charge in [-0.1, -0.05) is 0 Å². The maximum Gasteiger partial charge on any atom is 0.410 e. The fraction of sp³-hybridized carbons (Fsp3) is 0.450. The van der Waals surface area contributed by atoms with Crippen molar-refractivity contribution in [3.8, 4) is 0 Å². The van der Waals surface area contributed by atoms with Crippen molar-refractivity contribution >= 4 is 46.4 Å². The maximum atomic E-state index is 12.0. The summed E-state index contributed by atoms with van der Waals surface area (Å²) < 4.78 is 10.8. The Morgan fingerprint density at radius 2 is 2.03 bits per heavy atom. The average molecular weight is 421 g/mol. The SMILES string of the molecule is Cc1cc2cc(N=C(N)NC(=O)CCSCN(C)C(=O)OC(C)(C)C)ccc2o1. The summed E-state index contributed by atoms with van der Waals surface area (Å²) in [5.41, 5.74) is 6.70. The number of furan rings is 1. The van der Waals surface area contributed by atoms with Crippen molar-refractivity contribution in [1.82, 2.24) is 10.2 Å². The Morgan fingerprint density at radius 3 is 2.72 bits per heavy atom. The number of guanidine groups is 1. The highest BCUT2D eigenvalue weighted by Crippen LogP contribution is 2.24. The molecule has 2 aromatic rings. The van der Waals surface area contributed by atoms with E-state index >= 15 is 0 Å². The van der Waals surface area contributed by atoms with E-state index in [-0.39, 0.29) is 18.3 Å². The van der Waals surface area contributed by atoms with Crippen LogP contribution in [0.4, 0.5) is 10.5 Å². The van der Waals surface area contributed by atoms with Gasteiger partial charge in [-0.2, -0.15) is 0 Å². The minimum Gasteiger partial charge on any atom is -0.461 e. The molecule has 0 unspecified atom stereocenters. The summed E-state index contributed by atoms with van der Waals surface area (Å²) >= 11 is 1.45. The topological polar surface area (TPSA) is 110 Å². The molecule has 0 radical (unpaired) electrons. The van der Waals surface area contributed by atoms with E-state index in [1.807, 2.05) is 45.9 Å². The molecule has 0 aliphatic carbocycles. The van der Waals surface area contributed by atoms with Crippen LogP contribution in [0.15, 0.2) is 33.7 Å². The second-order valence-corrected chi connectivity index (χ2v) is 8.66. The van der Waals surface area contributed by atoms with Crippen molar-refractivity contribution in [2.45, 2.75) is 39.7 Å². The summed E-state index contributed by atoms with van der Waals surface area (Å²) in [4.78, 5) is 29.6. The number of carbonyl (C=O) groups is 2. The Balaban J connectivity index is 1.75. The number of aliphatic imine (C=N–C) groups is 1. The second kappa shape index (κ2) is 9.69. The lowest BCUT2D eigenvalue weighted by atomic mass is 10.2.